The lowest BCUT2D eigenvalue weighted by Crippen LogP contribution is -2.35. The predicted octanol–water partition coefficient (Wildman–Crippen LogP) is 1.88. The van der Waals surface area contributed by atoms with Gasteiger partial charge >= 0.3 is 0 Å². The first kappa shape index (κ1) is 9.75. The Balaban J connectivity index is 2.21. The number of hydrogen-bond donors (Lipinski definition) is 1. The maximum atomic E-state index is 9.98. The Morgan fingerprint density at radius 3 is 2.67 bits per heavy atom. The third-order valence-corrected chi connectivity index (χ3v) is 2.47. The summed E-state index contributed by atoms with van der Waals surface area (Å²) in [5.74, 6) is 0. The molecule has 2 heteroatoms. The van der Waals surface area contributed by atoms with Gasteiger partial charge in [-0.15, -0.1) is 6.58 Å². The van der Waals surface area contributed by atoms with Crippen LogP contribution in [0.4, 0.5) is 0 Å². The van der Waals surface area contributed by atoms with Crippen molar-refractivity contribution in [2.75, 3.05) is 13.2 Å². The van der Waals surface area contributed by atoms with Crippen LogP contribution in [-0.2, 0) is 4.74 Å². The first-order valence-electron chi connectivity index (χ1n) is 4.68. The van der Waals surface area contributed by atoms with Crippen molar-refractivity contribution in [2.24, 2.45) is 0 Å². The van der Waals surface area contributed by atoms with E-state index in [4.69, 9.17) is 4.74 Å². The van der Waals surface area contributed by atoms with Crippen LogP contribution in [0.3, 0.4) is 0 Å². The third kappa shape index (κ3) is 2.95. The second-order valence-electron chi connectivity index (χ2n) is 3.52. The average molecular weight is 170 g/mol. The van der Waals surface area contributed by atoms with Gasteiger partial charge in [-0.25, -0.2) is 0 Å². The largest absolute Gasteiger partial charge is 0.390 e. The van der Waals surface area contributed by atoms with E-state index in [9.17, 15) is 5.11 Å². The van der Waals surface area contributed by atoms with Crippen molar-refractivity contribution in [1.29, 1.82) is 0 Å². The molecular weight excluding hydrogens is 152 g/mol. The van der Waals surface area contributed by atoms with Crippen molar-refractivity contribution < 1.29 is 9.84 Å². The van der Waals surface area contributed by atoms with E-state index in [0.717, 1.165) is 32.1 Å². The van der Waals surface area contributed by atoms with E-state index in [0.29, 0.717) is 13.2 Å². The minimum absolute atomic E-state index is 0.443. The molecule has 12 heavy (non-hydrogen) atoms. The van der Waals surface area contributed by atoms with Crippen LogP contribution in [0.2, 0.25) is 0 Å². The van der Waals surface area contributed by atoms with Crippen LogP contribution in [0.25, 0.3) is 0 Å². The molecule has 1 heterocycles. The minimum atomic E-state index is -0.443. The molecule has 70 valence electrons. The summed E-state index contributed by atoms with van der Waals surface area (Å²) < 4.78 is 5.19. The van der Waals surface area contributed by atoms with E-state index < -0.39 is 5.60 Å². The highest BCUT2D eigenvalue weighted by atomic mass is 16.5. The molecule has 0 aromatic carbocycles. The summed E-state index contributed by atoms with van der Waals surface area (Å²) in [6.07, 6.45) is 6.43. The van der Waals surface area contributed by atoms with E-state index in [-0.39, 0.29) is 0 Å². The lowest BCUT2D eigenvalue weighted by atomic mass is 9.89. The molecular formula is C10H18O2. The molecule has 1 rings (SSSR count). The molecule has 1 aliphatic rings. The van der Waals surface area contributed by atoms with Crippen molar-refractivity contribution in [1.82, 2.24) is 0 Å². The van der Waals surface area contributed by atoms with Crippen molar-refractivity contribution in [3.05, 3.63) is 12.7 Å². The second-order valence-corrected chi connectivity index (χ2v) is 3.52. The molecule has 0 amide bonds. The molecule has 0 aromatic heterocycles. The van der Waals surface area contributed by atoms with Crippen molar-refractivity contribution in [3.8, 4) is 0 Å². The maximum Gasteiger partial charge on any atom is 0.0691 e. The molecule has 1 fully saturated rings. The van der Waals surface area contributed by atoms with Crippen LogP contribution < -0.4 is 0 Å². The zero-order chi connectivity index (χ0) is 8.86. The predicted molar refractivity (Wildman–Crippen MR) is 49.1 cm³/mol. The van der Waals surface area contributed by atoms with Gasteiger partial charge in [0.25, 0.3) is 0 Å². The SMILES string of the molecule is C=CCCCC1(O)CCOCC1. The number of aliphatic hydroxyl groups is 1. The van der Waals surface area contributed by atoms with Crippen molar-refractivity contribution in [3.63, 3.8) is 0 Å². The molecule has 2 nitrogen and oxygen atoms in total. The summed E-state index contributed by atoms with van der Waals surface area (Å²) in [6, 6.07) is 0. The standard InChI is InChI=1S/C10H18O2/c1-2-3-4-5-10(11)6-8-12-9-7-10/h2,11H,1,3-9H2. The van der Waals surface area contributed by atoms with E-state index in [1.807, 2.05) is 6.08 Å². The van der Waals surface area contributed by atoms with Gasteiger partial charge in [0.1, 0.15) is 0 Å². The monoisotopic (exact) mass is 170 g/mol. The zero-order valence-corrected chi connectivity index (χ0v) is 7.59. The fourth-order valence-corrected chi connectivity index (χ4v) is 1.58. The number of hydrogen-bond acceptors (Lipinski definition) is 2. The fourth-order valence-electron chi connectivity index (χ4n) is 1.58. The lowest BCUT2D eigenvalue weighted by Gasteiger charge is -2.31. The molecule has 1 N–H and O–H groups in total. The molecule has 0 saturated carbocycles. The van der Waals surface area contributed by atoms with Gasteiger partial charge in [0.15, 0.2) is 0 Å². The van der Waals surface area contributed by atoms with Gasteiger partial charge in [-0.05, 0) is 32.1 Å². The maximum absolute atomic E-state index is 9.98. The molecule has 0 unspecified atom stereocenters. The molecule has 0 radical (unpaired) electrons. The Morgan fingerprint density at radius 2 is 2.08 bits per heavy atom. The lowest BCUT2D eigenvalue weighted by molar-refractivity contribution is -0.0686. The van der Waals surface area contributed by atoms with Crippen LogP contribution in [0.1, 0.15) is 32.1 Å². The Hall–Kier alpha value is -0.340. The average Bonchev–Trinajstić information content (AvgIpc) is 2.06. The highest BCUT2D eigenvalue weighted by molar-refractivity contribution is 4.82. The Kier molecular flexibility index (Phi) is 3.76. The number of allylic oxidation sites excluding steroid dienone is 1. The van der Waals surface area contributed by atoms with Crippen molar-refractivity contribution in [2.45, 2.75) is 37.7 Å². The van der Waals surface area contributed by atoms with Crippen LogP contribution in [-0.4, -0.2) is 23.9 Å². The summed E-state index contributed by atoms with van der Waals surface area (Å²) in [5, 5.41) is 9.98. The van der Waals surface area contributed by atoms with Crippen LogP contribution in [0.15, 0.2) is 12.7 Å². The Labute approximate surface area is 74.2 Å². The summed E-state index contributed by atoms with van der Waals surface area (Å²) in [7, 11) is 0. The smallest absolute Gasteiger partial charge is 0.0691 e. The summed E-state index contributed by atoms with van der Waals surface area (Å²) >= 11 is 0. The molecule has 0 aliphatic carbocycles. The van der Waals surface area contributed by atoms with Gasteiger partial charge in [-0.1, -0.05) is 6.08 Å². The molecule has 0 aromatic rings. The third-order valence-electron chi connectivity index (χ3n) is 2.47. The van der Waals surface area contributed by atoms with E-state index in [1.54, 1.807) is 0 Å². The Morgan fingerprint density at radius 1 is 1.42 bits per heavy atom. The fraction of sp³-hybridized carbons (Fsp3) is 0.800. The molecule has 0 spiro atoms. The summed E-state index contributed by atoms with van der Waals surface area (Å²) in [6.45, 7) is 5.09. The number of unbranched alkanes of at least 4 members (excludes halogenated alkanes) is 1. The summed E-state index contributed by atoms with van der Waals surface area (Å²) in [4.78, 5) is 0. The minimum Gasteiger partial charge on any atom is -0.390 e. The number of ether oxygens (including phenoxy) is 1. The second kappa shape index (κ2) is 4.63. The number of rotatable bonds is 4. The van der Waals surface area contributed by atoms with Gasteiger partial charge in [0, 0.05) is 13.2 Å². The molecule has 1 saturated heterocycles. The van der Waals surface area contributed by atoms with Gasteiger partial charge in [0.2, 0.25) is 0 Å². The van der Waals surface area contributed by atoms with Crippen LogP contribution in [0, 0.1) is 0 Å². The van der Waals surface area contributed by atoms with Crippen LogP contribution in [0.5, 0.6) is 0 Å². The van der Waals surface area contributed by atoms with E-state index >= 15 is 0 Å². The van der Waals surface area contributed by atoms with Crippen LogP contribution >= 0.6 is 0 Å². The molecule has 0 bridgehead atoms. The van der Waals surface area contributed by atoms with E-state index in [1.165, 1.54) is 0 Å². The van der Waals surface area contributed by atoms with Gasteiger partial charge < -0.3 is 9.84 Å². The summed E-state index contributed by atoms with van der Waals surface area (Å²) in [5.41, 5.74) is -0.443. The Bertz CT molecular complexity index is 137. The van der Waals surface area contributed by atoms with Gasteiger partial charge in [0.05, 0.1) is 5.60 Å². The normalized spacial score (nSPS) is 22.1. The first-order valence-corrected chi connectivity index (χ1v) is 4.68. The van der Waals surface area contributed by atoms with E-state index in [2.05, 4.69) is 6.58 Å². The zero-order valence-electron chi connectivity index (χ0n) is 7.59. The highest BCUT2D eigenvalue weighted by Crippen LogP contribution is 2.25. The quantitative estimate of drug-likeness (QED) is 0.515. The highest BCUT2D eigenvalue weighted by Gasteiger charge is 2.28. The first-order chi connectivity index (χ1) is 5.77. The van der Waals surface area contributed by atoms with Gasteiger partial charge in [-0.3, -0.25) is 0 Å². The van der Waals surface area contributed by atoms with Crippen molar-refractivity contribution >= 4 is 0 Å². The molecule has 1 aliphatic heterocycles. The topological polar surface area (TPSA) is 29.5 Å². The van der Waals surface area contributed by atoms with Gasteiger partial charge in [-0.2, -0.15) is 0 Å². The molecule has 0 atom stereocenters.